The van der Waals surface area contributed by atoms with Crippen LogP contribution in [0, 0.1) is 18.3 Å². The molecule has 0 aromatic rings. The average Bonchev–Trinajstić information content (AvgIpc) is 2.30. The molecule has 78 valence electrons. The smallest absolute Gasteiger partial charge is 0.0604 e. The zero-order chi connectivity index (χ0) is 10.3. The predicted octanol–water partition coefficient (Wildman–Crippen LogP) is 4.39. The number of hydrogen-bond acceptors (Lipinski definition) is 0. The number of fused-ring (bicyclic) bond motifs is 3. The second kappa shape index (κ2) is 3.75. The highest BCUT2D eigenvalue weighted by atomic mass is 35.5. The molecule has 0 saturated heterocycles. The quantitative estimate of drug-likeness (QED) is 0.530. The molecule has 0 unspecified atom stereocenters. The van der Waals surface area contributed by atoms with Crippen molar-refractivity contribution in [3.05, 3.63) is 40.8 Å². The Bertz CT molecular complexity index is 352. The molecular formula is C14H16Cl+. The molecule has 0 spiro atoms. The Morgan fingerprint density at radius 1 is 1.20 bits per heavy atom. The molecule has 0 N–H and O–H groups in total. The van der Waals surface area contributed by atoms with E-state index in [4.69, 9.17) is 11.6 Å². The van der Waals surface area contributed by atoms with Crippen LogP contribution in [0.3, 0.4) is 0 Å². The second-order valence-corrected chi connectivity index (χ2v) is 5.39. The van der Waals surface area contributed by atoms with Crippen molar-refractivity contribution in [2.75, 3.05) is 0 Å². The van der Waals surface area contributed by atoms with Crippen LogP contribution in [-0.4, -0.2) is 0 Å². The van der Waals surface area contributed by atoms with E-state index in [2.05, 4.69) is 18.6 Å². The molecule has 0 aromatic heterocycles. The van der Waals surface area contributed by atoms with Gasteiger partial charge in [0, 0.05) is 36.5 Å². The van der Waals surface area contributed by atoms with Gasteiger partial charge in [0.05, 0.1) is 11.6 Å². The van der Waals surface area contributed by atoms with E-state index in [1.165, 1.54) is 37.7 Å². The summed E-state index contributed by atoms with van der Waals surface area (Å²) in [6.07, 6.45) is 15.5. The summed E-state index contributed by atoms with van der Waals surface area (Å²) in [5, 5.41) is 0.876. The van der Waals surface area contributed by atoms with E-state index in [-0.39, 0.29) is 0 Å². The Hall–Kier alpha value is -0.620. The fourth-order valence-electron chi connectivity index (χ4n) is 3.23. The van der Waals surface area contributed by atoms with E-state index >= 15 is 0 Å². The lowest BCUT2D eigenvalue weighted by atomic mass is 9.66. The number of rotatable bonds is 0. The summed E-state index contributed by atoms with van der Waals surface area (Å²) >= 11 is 6.05. The van der Waals surface area contributed by atoms with Gasteiger partial charge in [0.2, 0.25) is 0 Å². The second-order valence-electron chi connectivity index (χ2n) is 4.96. The molecular weight excluding hydrogens is 204 g/mol. The lowest BCUT2D eigenvalue weighted by Gasteiger charge is -2.36. The van der Waals surface area contributed by atoms with Crippen LogP contribution in [0.15, 0.2) is 34.4 Å². The van der Waals surface area contributed by atoms with Crippen LogP contribution >= 0.6 is 11.6 Å². The molecule has 0 aliphatic heterocycles. The summed E-state index contributed by atoms with van der Waals surface area (Å²) in [5.74, 6) is 1.82. The summed E-state index contributed by atoms with van der Waals surface area (Å²) in [4.78, 5) is 0. The molecule has 2 bridgehead atoms. The van der Waals surface area contributed by atoms with Crippen molar-refractivity contribution in [2.45, 2.75) is 32.1 Å². The van der Waals surface area contributed by atoms with Gasteiger partial charge < -0.3 is 0 Å². The first-order chi connectivity index (χ1) is 7.33. The molecule has 1 heteroatoms. The van der Waals surface area contributed by atoms with E-state index in [0.717, 1.165) is 16.9 Å². The van der Waals surface area contributed by atoms with Gasteiger partial charge in [-0.05, 0) is 31.6 Å². The Morgan fingerprint density at radius 3 is 2.60 bits per heavy atom. The minimum absolute atomic E-state index is 0.855. The standard InChI is InChI=1S/C14H16Cl/c15-13-3-1-2-12(9-13)14-8-10-4-6-11(14)7-5-10/h1-3,9-11H,4-8H2/q+1/b14-12+. The van der Waals surface area contributed by atoms with Crippen molar-refractivity contribution in [3.63, 3.8) is 0 Å². The summed E-state index contributed by atoms with van der Waals surface area (Å²) < 4.78 is 0. The Labute approximate surface area is 96.7 Å². The topological polar surface area (TPSA) is 0 Å². The molecule has 0 radical (unpaired) electrons. The minimum atomic E-state index is 0.855. The van der Waals surface area contributed by atoms with Crippen molar-refractivity contribution >= 4 is 11.6 Å². The molecule has 4 aliphatic carbocycles. The molecule has 0 nitrogen and oxygen atoms in total. The molecule has 0 heterocycles. The summed E-state index contributed by atoms with van der Waals surface area (Å²) in [6, 6.07) is 0. The van der Waals surface area contributed by atoms with Gasteiger partial charge in [-0.25, -0.2) is 0 Å². The van der Waals surface area contributed by atoms with Gasteiger partial charge in [-0.15, -0.1) is 0 Å². The van der Waals surface area contributed by atoms with E-state index in [9.17, 15) is 0 Å². The maximum Gasteiger partial charge on any atom is 0.124 e. The van der Waals surface area contributed by atoms with Gasteiger partial charge >= 0.3 is 0 Å². The van der Waals surface area contributed by atoms with Gasteiger partial charge in [-0.2, -0.15) is 0 Å². The van der Waals surface area contributed by atoms with E-state index in [1.54, 1.807) is 5.57 Å². The van der Waals surface area contributed by atoms with E-state index in [0.29, 0.717) is 0 Å². The molecule has 3 saturated carbocycles. The van der Waals surface area contributed by atoms with Crippen LogP contribution in [0.1, 0.15) is 32.1 Å². The molecule has 15 heavy (non-hydrogen) atoms. The molecule has 4 aliphatic rings. The first kappa shape index (κ1) is 9.59. The number of hydrogen-bond donors (Lipinski definition) is 0. The predicted molar refractivity (Wildman–Crippen MR) is 64.5 cm³/mol. The third-order valence-electron chi connectivity index (χ3n) is 4.04. The molecule has 0 aromatic carbocycles. The van der Waals surface area contributed by atoms with Crippen LogP contribution in [0.5, 0.6) is 0 Å². The summed E-state index contributed by atoms with van der Waals surface area (Å²) in [5.41, 5.74) is 3.08. The molecule has 0 amide bonds. The SMILES string of the molecule is ClC1=C/C(=C2\CC3CCC2CC3)[CH+]C=C1. The van der Waals surface area contributed by atoms with Crippen LogP contribution in [0.2, 0.25) is 0 Å². The third kappa shape index (κ3) is 1.76. The maximum atomic E-state index is 6.05. The molecule has 0 atom stereocenters. The van der Waals surface area contributed by atoms with Gasteiger partial charge in [-0.1, -0.05) is 11.6 Å². The first-order valence-electron chi connectivity index (χ1n) is 5.94. The zero-order valence-corrected chi connectivity index (χ0v) is 9.63. The monoisotopic (exact) mass is 219 g/mol. The summed E-state index contributed by atoms with van der Waals surface area (Å²) in [6.45, 7) is 0. The van der Waals surface area contributed by atoms with Gasteiger partial charge in [0.1, 0.15) is 5.03 Å². The zero-order valence-electron chi connectivity index (χ0n) is 8.88. The van der Waals surface area contributed by atoms with E-state index < -0.39 is 0 Å². The van der Waals surface area contributed by atoms with E-state index in [1.807, 2.05) is 6.08 Å². The van der Waals surface area contributed by atoms with Crippen molar-refractivity contribution < 1.29 is 0 Å². The van der Waals surface area contributed by atoms with Crippen LogP contribution < -0.4 is 0 Å². The molecule has 3 fully saturated rings. The lowest BCUT2D eigenvalue weighted by Crippen LogP contribution is -2.25. The van der Waals surface area contributed by atoms with Crippen LogP contribution in [-0.2, 0) is 0 Å². The maximum absolute atomic E-state index is 6.05. The first-order valence-corrected chi connectivity index (χ1v) is 6.32. The average molecular weight is 220 g/mol. The Kier molecular flexibility index (Phi) is 2.40. The van der Waals surface area contributed by atoms with Crippen molar-refractivity contribution in [3.8, 4) is 0 Å². The summed E-state index contributed by atoms with van der Waals surface area (Å²) in [7, 11) is 0. The van der Waals surface area contributed by atoms with Crippen molar-refractivity contribution in [1.29, 1.82) is 0 Å². The largest absolute Gasteiger partial charge is 0.124 e. The van der Waals surface area contributed by atoms with Crippen molar-refractivity contribution in [2.24, 2.45) is 11.8 Å². The number of allylic oxidation sites excluding steroid dienone is 6. The Morgan fingerprint density at radius 2 is 2.00 bits per heavy atom. The van der Waals surface area contributed by atoms with Crippen LogP contribution in [0.4, 0.5) is 0 Å². The Balaban J connectivity index is 1.93. The number of halogens is 1. The molecule has 4 rings (SSSR count). The van der Waals surface area contributed by atoms with Gasteiger partial charge in [0.15, 0.2) is 0 Å². The van der Waals surface area contributed by atoms with Gasteiger partial charge in [0.25, 0.3) is 0 Å². The third-order valence-corrected chi connectivity index (χ3v) is 4.28. The fourth-order valence-corrected chi connectivity index (χ4v) is 3.42. The van der Waals surface area contributed by atoms with Crippen LogP contribution in [0.25, 0.3) is 0 Å². The van der Waals surface area contributed by atoms with Crippen molar-refractivity contribution in [1.82, 2.24) is 0 Å². The highest BCUT2D eigenvalue weighted by molar-refractivity contribution is 6.31. The minimum Gasteiger partial charge on any atom is -0.0604 e. The normalized spacial score (nSPS) is 38.9. The fraction of sp³-hybridized carbons (Fsp3) is 0.500. The highest BCUT2D eigenvalue weighted by Crippen LogP contribution is 2.46. The highest BCUT2D eigenvalue weighted by Gasteiger charge is 2.36. The van der Waals surface area contributed by atoms with Gasteiger partial charge in [-0.3, -0.25) is 0 Å². The lowest BCUT2D eigenvalue weighted by molar-refractivity contribution is 0.238.